The monoisotopic (exact) mass is 655 g/mol. The van der Waals surface area contributed by atoms with E-state index in [4.69, 9.17) is 6.42 Å². The second kappa shape index (κ2) is 15.0. The molecule has 0 bridgehead atoms. The van der Waals surface area contributed by atoms with Crippen LogP contribution in [0, 0.1) is 40.4 Å². The zero-order chi connectivity index (χ0) is 35.4. The lowest BCUT2D eigenvalue weighted by Crippen LogP contribution is -2.63. The number of piperidine rings is 1. The molecular weight excluding hydrogens is 594 g/mol. The summed E-state index contributed by atoms with van der Waals surface area (Å²) in [6.45, 7) is 18.9. The van der Waals surface area contributed by atoms with Crippen molar-refractivity contribution in [2.75, 3.05) is 13.1 Å². The summed E-state index contributed by atoms with van der Waals surface area (Å²) in [5.41, 5.74) is -0.899. The highest BCUT2D eigenvalue weighted by atomic mass is 16.2. The van der Waals surface area contributed by atoms with E-state index < -0.39 is 41.1 Å². The van der Waals surface area contributed by atoms with Crippen molar-refractivity contribution in [3.63, 3.8) is 0 Å². The van der Waals surface area contributed by atoms with Crippen LogP contribution in [0.3, 0.4) is 0 Å². The maximum atomic E-state index is 14.4. The lowest BCUT2D eigenvalue weighted by molar-refractivity contribution is -0.145. The number of carbonyl (C=O) groups is 5. The molecule has 0 aromatic heterocycles. The molecule has 10 nitrogen and oxygen atoms in total. The number of urea groups is 1. The van der Waals surface area contributed by atoms with E-state index in [0.717, 1.165) is 51.4 Å². The van der Waals surface area contributed by atoms with Gasteiger partial charge in [0.05, 0.1) is 6.04 Å². The first-order chi connectivity index (χ1) is 21.8. The first-order valence-electron chi connectivity index (χ1n) is 17.7. The topological polar surface area (TPSA) is 137 Å². The Hall–Kier alpha value is -3.09. The summed E-state index contributed by atoms with van der Waals surface area (Å²) in [5, 5.41) is 11.6. The van der Waals surface area contributed by atoms with E-state index in [1.165, 1.54) is 0 Å². The van der Waals surface area contributed by atoms with Crippen molar-refractivity contribution in [2.45, 2.75) is 150 Å². The van der Waals surface area contributed by atoms with Crippen molar-refractivity contribution in [3.05, 3.63) is 0 Å². The molecule has 0 aromatic rings. The number of Topliss-reactive ketones (excluding diaryl/α,β-unsaturated/α-hetero) is 1. The minimum Gasteiger partial charge on any atom is -0.350 e. The molecule has 4 N–H and O–H groups in total. The van der Waals surface area contributed by atoms with Crippen molar-refractivity contribution < 1.29 is 24.0 Å². The number of likely N-dealkylation sites (N-methyl/N-ethyl adjacent to an activating group) is 1. The van der Waals surface area contributed by atoms with Gasteiger partial charge in [0.1, 0.15) is 12.1 Å². The van der Waals surface area contributed by atoms with E-state index in [1.54, 1.807) is 11.8 Å². The second-order valence-corrected chi connectivity index (χ2v) is 17.1. The Morgan fingerprint density at radius 2 is 1.62 bits per heavy atom. The summed E-state index contributed by atoms with van der Waals surface area (Å²) in [6.07, 6.45) is 13.8. The van der Waals surface area contributed by atoms with Crippen LogP contribution in [-0.4, -0.2) is 71.2 Å². The number of nitrogens with one attached hydrogen (secondary N) is 4. The van der Waals surface area contributed by atoms with Gasteiger partial charge in [0.25, 0.3) is 5.91 Å². The molecule has 0 spiro atoms. The molecule has 1 saturated heterocycles. The highest BCUT2D eigenvalue weighted by Gasteiger charge is 2.70. The largest absolute Gasteiger partial charge is 0.350 e. The molecule has 0 radical (unpaired) electrons. The number of fused-ring (bicyclic) bond motifs is 1. The molecule has 3 fully saturated rings. The highest BCUT2D eigenvalue weighted by molar-refractivity contribution is 6.38. The first kappa shape index (κ1) is 38.4. The van der Waals surface area contributed by atoms with Crippen molar-refractivity contribution in [2.24, 2.45) is 28.1 Å². The highest BCUT2D eigenvalue weighted by Crippen LogP contribution is 2.65. The smallest absolute Gasteiger partial charge is 0.315 e. The fourth-order valence-corrected chi connectivity index (χ4v) is 7.82. The summed E-state index contributed by atoms with van der Waals surface area (Å²) in [7, 11) is 0. The molecule has 0 aromatic carbocycles. The number of hydrogen-bond acceptors (Lipinski definition) is 5. The van der Waals surface area contributed by atoms with Crippen molar-refractivity contribution >= 4 is 29.5 Å². The summed E-state index contributed by atoms with van der Waals surface area (Å²) in [5.74, 6) is 0.129. The van der Waals surface area contributed by atoms with Crippen LogP contribution in [0.5, 0.6) is 0 Å². The van der Waals surface area contributed by atoms with Crippen LogP contribution in [0.25, 0.3) is 0 Å². The van der Waals surface area contributed by atoms with Gasteiger partial charge in [-0.15, -0.1) is 12.3 Å². The van der Waals surface area contributed by atoms with Gasteiger partial charge in [-0.05, 0) is 67.1 Å². The molecule has 3 rings (SSSR count). The van der Waals surface area contributed by atoms with Gasteiger partial charge in [-0.2, -0.15) is 0 Å². The van der Waals surface area contributed by atoms with E-state index in [-0.39, 0.29) is 59.5 Å². The van der Waals surface area contributed by atoms with Gasteiger partial charge in [-0.1, -0.05) is 81.1 Å². The van der Waals surface area contributed by atoms with Gasteiger partial charge in [-0.25, -0.2) is 4.79 Å². The van der Waals surface area contributed by atoms with Crippen molar-refractivity contribution in [3.8, 4) is 12.3 Å². The molecule has 5 atom stereocenters. The quantitative estimate of drug-likeness (QED) is 0.168. The number of ketones is 1. The van der Waals surface area contributed by atoms with Crippen LogP contribution in [0.15, 0.2) is 0 Å². The standard InChI is InChI=1S/C37H61N5O5/c1-11-13-18-25(28(43)31(45)38-12-2)39-30(44)27-26-24(36(26,9)10)23-42(27)32(46)29(35(6,7)8)40-33(47)41-37(20-15-14-16-21-37)22-17-19-34(3,4)5/h1,24-27,29H,12-23H2,2-10H3,(H,38,45)(H,39,44)(H2,40,41,47)/t24?,25?,26?,27-,29+/m0/s1. The van der Waals surface area contributed by atoms with Crippen molar-refractivity contribution in [1.29, 1.82) is 0 Å². The van der Waals surface area contributed by atoms with Gasteiger partial charge in [0.15, 0.2) is 0 Å². The summed E-state index contributed by atoms with van der Waals surface area (Å²) in [4.78, 5) is 69.0. The van der Waals surface area contributed by atoms with E-state index in [1.807, 2.05) is 20.8 Å². The molecule has 1 aliphatic heterocycles. The zero-order valence-corrected chi connectivity index (χ0v) is 30.4. The second-order valence-electron chi connectivity index (χ2n) is 17.1. The summed E-state index contributed by atoms with van der Waals surface area (Å²) < 4.78 is 0. The number of amides is 5. The maximum Gasteiger partial charge on any atom is 0.315 e. The van der Waals surface area contributed by atoms with E-state index in [9.17, 15) is 24.0 Å². The SMILES string of the molecule is C#CCCC(NC(=O)[C@@H]1C2C(CN1C(=O)[C@@H](NC(=O)NC1(CCCC(C)(C)C)CCCCC1)C(C)(C)C)C2(C)C)C(=O)C(=O)NCC. The molecule has 2 aliphatic carbocycles. The van der Waals surface area contributed by atoms with Crippen LogP contribution in [0.4, 0.5) is 4.79 Å². The van der Waals surface area contributed by atoms with E-state index in [0.29, 0.717) is 6.54 Å². The van der Waals surface area contributed by atoms with Gasteiger partial charge in [0, 0.05) is 25.0 Å². The fraction of sp³-hybridized carbons (Fsp3) is 0.811. The Balaban J connectivity index is 1.81. The Morgan fingerprint density at radius 1 is 0.979 bits per heavy atom. The van der Waals surface area contributed by atoms with E-state index in [2.05, 4.69) is 61.8 Å². The third-order valence-corrected chi connectivity index (χ3v) is 10.7. The average molecular weight is 656 g/mol. The van der Waals surface area contributed by atoms with Gasteiger partial charge < -0.3 is 26.2 Å². The number of carbonyl (C=O) groups excluding carboxylic acids is 5. The summed E-state index contributed by atoms with van der Waals surface area (Å²) in [6, 6.07) is -3.18. The van der Waals surface area contributed by atoms with Crippen LogP contribution in [-0.2, 0) is 19.2 Å². The fourth-order valence-electron chi connectivity index (χ4n) is 7.82. The Morgan fingerprint density at radius 3 is 2.17 bits per heavy atom. The number of nitrogens with zero attached hydrogens (tertiary/aromatic N) is 1. The lowest BCUT2D eigenvalue weighted by atomic mass is 9.76. The summed E-state index contributed by atoms with van der Waals surface area (Å²) >= 11 is 0. The normalized spacial score (nSPS) is 24.2. The molecule has 2 saturated carbocycles. The van der Waals surface area contributed by atoms with Crippen LogP contribution in [0.1, 0.15) is 127 Å². The lowest BCUT2D eigenvalue weighted by Gasteiger charge is -2.41. The molecule has 5 amide bonds. The van der Waals surface area contributed by atoms with E-state index >= 15 is 0 Å². The molecule has 47 heavy (non-hydrogen) atoms. The number of rotatable bonds is 13. The minimum atomic E-state index is -1.10. The third-order valence-electron chi connectivity index (χ3n) is 10.7. The maximum absolute atomic E-state index is 14.4. The molecule has 3 aliphatic rings. The van der Waals surface area contributed by atoms with Gasteiger partial charge in [0.2, 0.25) is 17.6 Å². The molecule has 10 heteroatoms. The predicted molar refractivity (Wildman–Crippen MR) is 184 cm³/mol. The third kappa shape index (κ3) is 9.51. The van der Waals surface area contributed by atoms with Crippen LogP contribution >= 0.6 is 0 Å². The predicted octanol–water partition coefficient (Wildman–Crippen LogP) is 4.71. The number of likely N-dealkylation sites (tertiary alicyclic amines) is 1. The average Bonchev–Trinajstić information content (AvgIpc) is 3.27. The number of terminal acetylenes is 1. The van der Waals surface area contributed by atoms with Gasteiger partial charge in [-0.3, -0.25) is 19.2 Å². The minimum absolute atomic E-state index is 0.105. The number of hydrogen-bond donors (Lipinski definition) is 4. The van der Waals surface area contributed by atoms with Crippen LogP contribution in [0.2, 0.25) is 0 Å². The zero-order valence-electron chi connectivity index (χ0n) is 30.4. The molecule has 3 unspecified atom stereocenters. The van der Waals surface area contributed by atoms with Crippen LogP contribution < -0.4 is 21.3 Å². The van der Waals surface area contributed by atoms with Gasteiger partial charge >= 0.3 is 6.03 Å². The first-order valence-corrected chi connectivity index (χ1v) is 17.7. The van der Waals surface area contributed by atoms with Crippen molar-refractivity contribution in [1.82, 2.24) is 26.2 Å². The Labute approximate surface area is 283 Å². The molecule has 264 valence electrons. The molecule has 1 heterocycles. The Kier molecular flexibility index (Phi) is 12.2. The molecular formula is C37H61N5O5. The Bertz CT molecular complexity index is 1220.